The maximum atomic E-state index is 12.1. The van der Waals surface area contributed by atoms with Crippen LogP contribution in [0.2, 0.25) is 0 Å². The number of thiazole rings is 1. The SMILES string of the molecule is CN(CC(=O)NCCSCc1ccccc1)Cc1nc2ccccc2s1. The van der Waals surface area contributed by atoms with Gasteiger partial charge in [0.25, 0.3) is 0 Å². The van der Waals surface area contributed by atoms with E-state index in [0.29, 0.717) is 19.6 Å². The second kappa shape index (κ2) is 9.71. The molecule has 4 nitrogen and oxygen atoms in total. The van der Waals surface area contributed by atoms with Gasteiger partial charge >= 0.3 is 0 Å². The average Bonchev–Trinajstić information content (AvgIpc) is 3.04. The van der Waals surface area contributed by atoms with Gasteiger partial charge in [0.1, 0.15) is 5.01 Å². The zero-order valence-corrected chi connectivity index (χ0v) is 16.5. The van der Waals surface area contributed by atoms with Crippen molar-refractivity contribution in [3.8, 4) is 0 Å². The van der Waals surface area contributed by atoms with Crippen LogP contribution in [-0.4, -0.2) is 41.7 Å². The molecule has 0 atom stereocenters. The summed E-state index contributed by atoms with van der Waals surface area (Å²) >= 11 is 3.52. The average molecular weight is 386 g/mol. The highest BCUT2D eigenvalue weighted by atomic mass is 32.2. The lowest BCUT2D eigenvalue weighted by atomic mass is 10.2. The van der Waals surface area contributed by atoms with Crippen LogP contribution >= 0.6 is 23.1 Å². The normalized spacial score (nSPS) is 11.2. The molecule has 3 rings (SSSR count). The van der Waals surface area contributed by atoms with Crippen molar-refractivity contribution in [1.82, 2.24) is 15.2 Å². The van der Waals surface area contributed by atoms with Crippen LogP contribution in [0.5, 0.6) is 0 Å². The number of carbonyl (C=O) groups excluding carboxylic acids is 1. The van der Waals surface area contributed by atoms with Crippen molar-refractivity contribution in [2.24, 2.45) is 0 Å². The quantitative estimate of drug-likeness (QED) is 0.570. The summed E-state index contributed by atoms with van der Waals surface area (Å²) in [5, 5.41) is 4.04. The number of hydrogen-bond acceptors (Lipinski definition) is 5. The highest BCUT2D eigenvalue weighted by Gasteiger charge is 2.10. The predicted octanol–water partition coefficient (Wildman–Crippen LogP) is 3.78. The van der Waals surface area contributed by atoms with Gasteiger partial charge in [0.15, 0.2) is 0 Å². The summed E-state index contributed by atoms with van der Waals surface area (Å²) in [5.74, 6) is 1.96. The van der Waals surface area contributed by atoms with Crippen molar-refractivity contribution >= 4 is 39.2 Å². The Morgan fingerprint density at radius 3 is 2.73 bits per heavy atom. The summed E-state index contributed by atoms with van der Waals surface area (Å²) in [6.45, 7) is 1.78. The zero-order chi connectivity index (χ0) is 18.2. The Morgan fingerprint density at radius 1 is 1.15 bits per heavy atom. The number of thioether (sulfide) groups is 1. The van der Waals surface area contributed by atoms with Gasteiger partial charge in [-0.05, 0) is 24.7 Å². The number of rotatable bonds is 9. The van der Waals surface area contributed by atoms with E-state index < -0.39 is 0 Å². The molecule has 0 radical (unpaired) electrons. The van der Waals surface area contributed by atoms with Gasteiger partial charge in [-0.2, -0.15) is 11.8 Å². The molecule has 26 heavy (non-hydrogen) atoms. The number of fused-ring (bicyclic) bond motifs is 1. The lowest BCUT2D eigenvalue weighted by Crippen LogP contribution is -2.35. The minimum absolute atomic E-state index is 0.0638. The Bertz CT molecular complexity index is 802. The van der Waals surface area contributed by atoms with Crippen LogP contribution in [0.25, 0.3) is 10.2 Å². The fourth-order valence-corrected chi connectivity index (χ4v) is 4.47. The second-order valence-electron chi connectivity index (χ2n) is 6.14. The number of benzene rings is 2. The van der Waals surface area contributed by atoms with Crippen LogP contribution in [-0.2, 0) is 17.1 Å². The molecule has 0 saturated carbocycles. The van der Waals surface area contributed by atoms with E-state index in [-0.39, 0.29) is 5.91 Å². The summed E-state index contributed by atoms with van der Waals surface area (Å²) < 4.78 is 1.19. The number of para-hydroxylation sites is 1. The maximum absolute atomic E-state index is 12.1. The lowest BCUT2D eigenvalue weighted by Gasteiger charge is -2.14. The first-order chi connectivity index (χ1) is 12.7. The lowest BCUT2D eigenvalue weighted by molar-refractivity contribution is -0.121. The molecule has 0 fully saturated rings. The Balaban J connectivity index is 1.33. The number of hydrogen-bond donors (Lipinski definition) is 1. The van der Waals surface area contributed by atoms with E-state index in [9.17, 15) is 4.79 Å². The fraction of sp³-hybridized carbons (Fsp3) is 0.300. The van der Waals surface area contributed by atoms with Crippen LogP contribution in [0.15, 0.2) is 54.6 Å². The van der Waals surface area contributed by atoms with Crippen LogP contribution in [0, 0.1) is 0 Å². The third-order valence-corrected chi connectivity index (χ3v) is 5.89. The number of likely N-dealkylation sites (N-methyl/N-ethyl adjacent to an activating group) is 1. The van der Waals surface area contributed by atoms with Crippen molar-refractivity contribution in [2.45, 2.75) is 12.3 Å². The summed E-state index contributed by atoms with van der Waals surface area (Å²) in [4.78, 5) is 18.7. The van der Waals surface area contributed by atoms with Gasteiger partial charge in [0.2, 0.25) is 5.91 Å². The largest absolute Gasteiger partial charge is 0.354 e. The van der Waals surface area contributed by atoms with Gasteiger partial charge in [-0.25, -0.2) is 4.98 Å². The summed E-state index contributed by atoms with van der Waals surface area (Å²) in [7, 11) is 1.95. The number of nitrogens with zero attached hydrogens (tertiary/aromatic N) is 2. The van der Waals surface area contributed by atoms with Gasteiger partial charge in [-0.15, -0.1) is 11.3 Å². The van der Waals surface area contributed by atoms with E-state index in [1.54, 1.807) is 11.3 Å². The minimum Gasteiger partial charge on any atom is -0.354 e. The highest BCUT2D eigenvalue weighted by molar-refractivity contribution is 7.98. The first-order valence-electron chi connectivity index (χ1n) is 8.62. The van der Waals surface area contributed by atoms with Crippen LogP contribution < -0.4 is 5.32 Å². The number of amides is 1. The van der Waals surface area contributed by atoms with E-state index in [4.69, 9.17) is 0 Å². The van der Waals surface area contributed by atoms with Crippen LogP contribution in [0.4, 0.5) is 0 Å². The molecule has 136 valence electrons. The van der Waals surface area contributed by atoms with Crippen LogP contribution in [0.3, 0.4) is 0 Å². The Hall–Kier alpha value is -1.89. The summed E-state index contributed by atoms with van der Waals surface area (Å²) in [6.07, 6.45) is 0. The van der Waals surface area contributed by atoms with Crippen molar-refractivity contribution in [2.75, 3.05) is 25.9 Å². The Morgan fingerprint density at radius 2 is 1.92 bits per heavy atom. The third kappa shape index (κ3) is 5.83. The summed E-state index contributed by atoms with van der Waals surface area (Å²) in [6, 6.07) is 18.5. The molecule has 3 aromatic rings. The molecular formula is C20H23N3OS2. The van der Waals surface area contributed by atoms with E-state index >= 15 is 0 Å². The molecule has 0 bridgehead atoms. The molecular weight excluding hydrogens is 362 g/mol. The standard InChI is InChI=1S/C20H23N3OS2/c1-23(14-20-22-17-9-5-6-10-18(17)26-20)13-19(24)21-11-12-25-15-16-7-3-2-4-8-16/h2-10H,11-15H2,1H3,(H,21,24). The molecule has 0 aliphatic heterocycles. The molecule has 6 heteroatoms. The van der Waals surface area contributed by atoms with E-state index in [0.717, 1.165) is 22.0 Å². The Kier molecular flexibility index (Phi) is 7.05. The monoisotopic (exact) mass is 385 g/mol. The van der Waals surface area contributed by atoms with Gasteiger partial charge in [-0.1, -0.05) is 42.5 Å². The van der Waals surface area contributed by atoms with Gasteiger partial charge < -0.3 is 5.32 Å². The molecule has 1 heterocycles. The number of aromatic nitrogens is 1. The molecule has 0 unspecified atom stereocenters. The topological polar surface area (TPSA) is 45.2 Å². The van der Waals surface area contributed by atoms with E-state index in [1.807, 2.05) is 48.0 Å². The zero-order valence-electron chi connectivity index (χ0n) is 14.9. The van der Waals surface area contributed by atoms with E-state index in [2.05, 4.69) is 40.6 Å². The van der Waals surface area contributed by atoms with Crippen LogP contribution in [0.1, 0.15) is 10.6 Å². The molecule has 0 saturated heterocycles. The van der Waals surface area contributed by atoms with Crippen molar-refractivity contribution < 1.29 is 4.79 Å². The fourth-order valence-electron chi connectivity index (χ4n) is 2.60. The maximum Gasteiger partial charge on any atom is 0.234 e. The predicted molar refractivity (Wildman–Crippen MR) is 112 cm³/mol. The first kappa shape index (κ1) is 18.9. The molecule has 1 N–H and O–H groups in total. The Labute approximate surface area is 162 Å². The highest BCUT2D eigenvalue weighted by Crippen LogP contribution is 2.22. The van der Waals surface area contributed by atoms with Gasteiger partial charge in [-0.3, -0.25) is 9.69 Å². The molecule has 1 amide bonds. The molecule has 0 aliphatic carbocycles. The van der Waals surface area contributed by atoms with E-state index in [1.165, 1.54) is 10.3 Å². The second-order valence-corrected chi connectivity index (χ2v) is 8.36. The van der Waals surface area contributed by atoms with Crippen molar-refractivity contribution in [1.29, 1.82) is 0 Å². The molecule has 0 aliphatic rings. The minimum atomic E-state index is 0.0638. The number of nitrogens with one attached hydrogen (secondary N) is 1. The third-order valence-electron chi connectivity index (χ3n) is 3.84. The number of carbonyl (C=O) groups is 1. The van der Waals surface area contributed by atoms with Gasteiger partial charge in [0, 0.05) is 18.1 Å². The van der Waals surface area contributed by atoms with Crippen molar-refractivity contribution in [3.05, 3.63) is 65.2 Å². The molecule has 2 aromatic carbocycles. The van der Waals surface area contributed by atoms with Gasteiger partial charge in [0.05, 0.1) is 23.3 Å². The summed E-state index contributed by atoms with van der Waals surface area (Å²) in [5.41, 5.74) is 2.35. The smallest absolute Gasteiger partial charge is 0.234 e. The first-order valence-corrected chi connectivity index (χ1v) is 10.6. The molecule has 1 aromatic heterocycles. The molecule has 0 spiro atoms. The van der Waals surface area contributed by atoms with Crippen molar-refractivity contribution in [3.63, 3.8) is 0 Å².